The van der Waals surface area contributed by atoms with Gasteiger partial charge in [0.15, 0.2) is 11.9 Å². The number of rotatable bonds is 4. The van der Waals surface area contributed by atoms with Crippen molar-refractivity contribution in [1.82, 2.24) is 0 Å². The van der Waals surface area contributed by atoms with E-state index in [1.54, 1.807) is 12.1 Å². The molecule has 0 bridgehead atoms. The zero-order valence-electron chi connectivity index (χ0n) is 12.6. The van der Waals surface area contributed by atoms with Crippen molar-refractivity contribution in [2.75, 3.05) is 5.32 Å². The van der Waals surface area contributed by atoms with Crippen LogP contribution in [0.2, 0.25) is 5.02 Å². The van der Waals surface area contributed by atoms with E-state index < -0.39 is 0 Å². The Morgan fingerprint density at radius 2 is 2.10 bits per heavy atom. The van der Waals surface area contributed by atoms with Crippen molar-refractivity contribution in [3.8, 4) is 0 Å². The molecule has 1 aromatic carbocycles. The Labute approximate surface area is 130 Å². The van der Waals surface area contributed by atoms with E-state index in [2.05, 4.69) is 18.3 Å². The molecule has 1 atom stereocenters. The van der Waals surface area contributed by atoms with E-state index in [9.17, 15) is 4.79 Å². The normalized spacial score (nSPS) is 12.0. The third-order valence-corrected chi connectivity index (χ3v) is 3.78. The quantitative estimate of drug-likeness (QED) is 0.858. The summed E-state index contributed by atoms with van der Waals surface area (Å²) in [4.78, 5) is 12.4. The zero-order chi connectivity index (χ0) is 15.4. The number of nitrogens with one attached hydrogen (secondary N) is 1. The van der Waals surface area contributed by atoms with Gasteiger partial charge in [0, 0.05) is 36.2 Å². The van der Waals surface area contributed by atoms with Gasteiger partial charge < -0.3 is 5.32 Å². The first-order chi connectivity index (χ1) is 10.0. The number of benzene rings is 1. The molecule has 0 unspecified atom stereocenters. The second-order valence-corrected chi connectivity index (χ2v) is 5.55. The van der Waals surface area contributed by atoms with Gasteiger partial charge in [0.25, 0.3) is 5.91 Å². The Hall–Kier alpha value is -1.87. The molecule has 4 heteroatoms. The summed E-state index contributed by atoms with van der Waals surface area (Å²) in [7, 11) is 0. The van der Waals surface area contributed by atoms with E-state index in [4.69, 9.17) is 11.6 Å². The smallest absolute Gasteiger partial charge is 0.293 e. The number of halogens is 1. The van der Waals surface area contributed by atoms with Gasteiger partial charge in [-0.05, 0) is 30.7 Å². The lowest BCUT2D eigenvalue weighted by Crippen LogP contribution is -2.47. The monoisotopic (exact) mass is 303 g/mol. The predicted molar refractivity (Wildman–Crippen MR) is 85.5 cm³/mol. The largest absolute Gasteiger partial charge is 0.320 e. The van der Waals surface area contributed by atoms with Gasteiger partial charge >= 0.3 is 0 Å². The van der Waals surface area contributed by atoms with Crippen LogP contribution in [0.5, 0.6) is 0 Å². The predicted octanol–water partition coefficient (Wildman–Crippen LogP) is 3.70. The number of hydrogen-bond donors (Lipinski definition) is 1. The third-order valence-electron chi connectivity index (χ3n) is 3.55. The summed E-state index contributed by atoms with van der Waals surface area (Å²) >= 11 is 5.93. The van der Waals surface area contributed by atoms with Crippen LogP contribution in [0.4, 0.5) is 5.69 Å². The van der Waals surface area contributed by atoms with Crippen LogP contribution in [0.25, 0.3) is 0 Å². The highest BCUT2D eigenvalue weighted by Crippen LogP contribution is 2.16. The highest BCUT2D eigenvalue weighted by atomic mass is 35.5. The molecule has 110 valence electrons. The molecule has 2 rings (SSSR count). The minimum atomic E-state index is -0.282. The number of nitrogens with zero attached hydrogens (tertiary/aromatic N) is 1. The molecule has 1 aromatic heterocycles. The Morgan fingerprint density at radius 3 is 2.76 bits per heavy atom. The number of aryl methyl sites for hydroxylation is 2. The Kier molecular flexibility index (Phi) is 4.97. The fourth-order valence-corrected chi connectivity index (χ4v) is 2.39. The highest BCUT2D eigenvalue weighted by Gasteiger charge is 2.24. The maximum absolute atomic E-state index is 12.4. The Bertz CT molecular complexity index is 655. The van der Waals surface area contributed by atoms with E-state index >= 15 is 0 Å². The highest BCUT2D eigenvalue weighted by molar-refractivity contribution is 6.30. The lowest BCUT2D eigenvalue weighted by atomic mass is 10.2. The molecule has 0 fully saturated rings. The minimum Gasteiger partial charge on any atom is -0.320 e. The van der Waals surface area contributed by atoms with Gasteiger partial charge in [-0.2, -0.15) is 4.57 Å². The summed E-state index contributed by atoms with van der Waals surface area (Å²) in [6.07, 6.45) is 2.99. The first-order valence-electron chi connectivity index (χ1n) is 7.08. The van der Waals surface area contributed by atoms with E-state index in [1.165, 1.54) is 5.56 Å². The van der Waals surface area contributed by atoms with Gasteiger partial charge in [-0.1, -0.05) is 24.6 Å². The van der Waals surface area contributed by atoms with Crippen LogP contribution in [0.3, 0.4) is 0 Å². The lowest BCUT2D eigenvalue weighted by Gasteiger charge is -2.11. The fraction of sp³-hybridized carbons (Fsp3) is 0.294. The second kappa shape index (κ2) is 6.72. The van der Waals surface area contributed by atoms with E-state index in [-0.39, 0.29) is 11.9 Å². The number of amides is 1. The molecular formula is C17H20ClN2O+. The number of pyridine rings is 1. The Morgan fingerprint density at radius 1 is 1.33 bits per heavy atom. The SMILES string of the molecule is CCc1ccc(C)[n+]([C@@H](C)C(=O)Nc2cccc(Cl)c2)c1. The van der Waals surface area contributed by atoms with Gasteiger partial charge in [-0.3, -0.25) is 4.79 Å². The standard InChI is InChI=1S/C17H19ClN2O/c1-4-14-9-8-12(2)20(11-14)13(3)17(21)19-16-7-5-6-15(18)10-16/h5-11,13H,4H2,1-3H3/p+1/t13-/m0/s1. The zero-order valence-corrected chi connectivity index (χ0v) is 13.3. The molecule has 0 spiro atoms. The average Bonchev–Trinajstić information content (AvgIpc) is 2.47. The number of carbonyl (C=O) groups excluding carboxylic acids is 1. The van der Waals surface area contributed by atoms with Crippen molar-refractivity contribution >= 4 is 23.2 Å². The van der Waals surface area contributed by atoms with Crippen molar-refractivity contribution in [3.63, 3.8) is 0 Å². The van der Waals surface area contributed by atoms with Crippen LogP contribution in [0.15, 0.2) is 42.6 Å². The fourth-order valence-electron chi connectivity index (χ4n) is 2.20. The molecule has 0 saturated carbocycles. The molecule has 0 radical (unpaired) electrons. The van der Waals surface area contributed by atoms with Crippen molar-refractivity contribution in [3.05, 3.63) is 58.9 Å². The first-order valence-corrected chi connectivity index (χ1v) is 7.46. The summed E-state index contributed by atoms with van der Waals surface area (Å²) in [5.41, 5.74) is 2.98. The molecule has 2 aromatic rings. The van der Waals surface area contributed by atoms with E-state index in [0.29, 0.717) is 10.7 Å². The molecule has 1 heterocycles. The molecule has 0 aliphatic carbocycles. The van der Waals surface area contributed by atoms with E-state index in [1.807, 2.05) is 42.8 Å². The lowest BCUT2D eigenvalue weighted by molar-refractivity contribution is -0.711. The molecule has 1 N–H and O–H groups in total. The van der Waals surface area contributed by atoms with Gasteiger partial charge in [0.2, 0.25) is 6.04 Å². The number of carbonyl (C=O) groups is 1. The molecule has 0 aliphatic rings. The number of hydrogen-bond acceptors (Lipinski definition) is 1. The number of aromatic nitrogens is 1. The van der Waals surface area contributed by atoms with Crippen LogP contribution in [-0.4, -0.2) is 5.91 Å². The summed E-state index contributed by atoms with van der Waals surface area (Å²) in [5, 5.41) is 3.51. The van der Waals surface area contributed by atoms with E-state index in [0.717, 1.165) is 12.1 Å². The van der Waals surface area contributed by atoms with Crippen molar-refractivity contribution in [2.24, 2.45) is 0 Å². The van der Waals surface area contributed by atoms with Gasteiger partial charge in [-0.25, -0.2) is 0 Å². The maximum Gasteiger partial charge on any atom is 0.293 e. The average molecular weight is 304 g/mol. The molecule has 0 saturated heterocycles. The maximum atomic E-state index is 12.4. The second-order valence-electron chi connectivity index (χ2n) is 5.12. The summed E-state index contributed by atoms with van der Waals surface area (Å²) in [6.45, 7) is 6.00. The van der Waals surface area contributed by atoms with Crippen molar-refractivity contribution < 1.29 is 9.36 Å². The third kappa shape index (κ3) is 3.82. The molecule has 21 heavy (non-hydrogen) atoms. The van der Waals surface area contributed by atoms with Crippen molar-refractivity contribution in [2.45, 2.75) is 33.2 Å². The van der Waals surface area contributed by atoms with Gasteiger partial charge in [0.05, 0.1) is 0 Å². The van der Waals surface area contributed by atoms with Crippen LogP contribution in [0, 0.1) is 6.92 Å². The summed E-state index contributed by atoms with van der Waals surface area (Å²) in [5.74, 6) is -0.0568. The molecule has 0 aliphatic heterocycles. The van der Waals surface area contributed by atoms with Crippen LogP contribution >= 0.6 is 11.6 Å². The van der Waals surface area contributed by atoms with Crippen molar-refractivity contribution in [1.29, 1.82) is 0 Å². The molecule has 1 amide bonds. The topological polar surface area (TPSA) is 33.0 Å². The van der Waals surface area contributed by atoms with Crippen LogP contribution < -0.4 is 9.88 Å². The van der Waals surface area contributed by atoms with Crippen LogP contribution in [0.1, 0.15) is 31.1 Å². The van der Waals surface area contributed by atoms with Gasteiger partial charge in [0.1, 0.15) is 0 Å². The molecule has 3 nitrogen and oxygen atoms in total. The first kappa shape index (κ1) is 15.5. The van der Waals surface area contributed by atoms with Gasteiger partial charge in [-0.15, -0.1) is 0 Å². The Balaban J connectivity index is 2.19. The number of anilines is 1. The minimum absolute atomic E-state index is 0.0568. The molecular weight excluding hydrogens is 284 g/mol. The summed E-state index contributed by atoms with van der Waals surface area (Å²) in [6, 6.07) is 11.0. The van der Waals surface area contributed by atoms with Crippen LogP contribution in [-0.2, 0) is 11.2 Å². The summed E-state index contributed by atoms with van der Waals surface area (Å²) < 4.78 is 2.00.